The van der Waals surface area contributed by atoms with Crippen molar-refractivity contribution < 1.29 is 0 Å². The van der Waals surface area contributed by atoms with Crippen LogP contribution in [0.1, 0.15) is 46.5 Å². The van der Waals surface area contributed by atoms with Gasteiger partial charge in [-0.05, 0) is 94.2 Å². The second kappa shape index (κ2) is 2.04. The molecule has 0 amide bonds. The van der Waals surface area contributed by atoms with Gasteiger partial charge in [0.15, 0.2) is 0 Å². The lowest BCUT2D eigenvalue weighted by molar-refractivity contribution is -0.427. The first-order chi connectivity index (χ1) is 9.64. The molecule has 0 saturated heterocycles. The molecular formula is C20H26. The van der Waals surface area contributed by atoms with E-state index >= 15 is 0 Å². The number of fused-ring (bicyclic) bond motifs is 2. The standard InChI is InChI=1S/C20H26/c1-4-10-14-11-5-9-6-18-7-12(11)20(18)16-13(8(2)17(16,20)3)15(10)19(9,14)18/h8-16H,4-7H2,1-3H3. The van der Waals surface area contributed by atoms with Gasteiger partial charge in [0.25, 0.3) is 0 Å². The van der Waals surface area contributed by atoms with Crippen LogP contribution in [-0.2, 0) is 0 Å². The van der Waals surface area contributed by atoms with E-state index in [4.69, 9.17) is 0 Å². The van der Waals surface area contributed by atoms with Crippen molar-refractivity contribution in [1.29, 1.82) is 0 Å². The van der Waals surface area contributed by atoms with Gasteiger partial charge in [-0.3, -0.25) is 0 Å². The van der Waals surface area contributed by atoms with Gasteiger partial charge in [0.1, 0.15) is 0 Å². The summed E-state index contributed by atoms with van der Waals surface area (Å²) in [6.07, 6.45) is 6.62. The molecule has 0 heterocycles. The highest BCUT2D eigenvalue weighted by Crippen LogP contribution is 3.14. The summed E-state index contributed by atoms with van der Waals surface area (Å²) < 4.78 is 0. The summed E-state index contributed by atoms with van der Waals surface area (Å²) in [5.74, 6) is 10.8. The molecule has 8 fully saturated rings. The van der Waals surface area contributed by atoms with Crippen molar-refractivity contribution in [2.45, 2.75) is 46.5 Å². The van der Waals surface area contributed by atoms with Crippen molar-refractivity contribution in [3.8, 4) is 0 Å². The molecule has 0 aromatic heterocycles. The summed E-state index contributed by atoms with van der Waals surface area (Å²) in [4.78, 5) is 0. The maximum atomic E-state index is 2.75. The fourth-order valence-corrected chi connectivity index (χ4v) is 13.0. The quantitative estimate of drug-likeness (QED) is 0.667. The lowest BCUT2D eigenvalue weighted by Gasteiger charge is -2.89. The average Bonchev–Trinajstić information content (AvgIpc) is 2.98. The van der Waals surface area contributed by atoms with Crippen molar-refractivity contribution in [3.63, 3.8) is 0 Å². The molecule has 8 saturated carbocycles. The Balaban J connectivity index is 1.52. The third-order valence-corrected chi connectivity index (χ3v) is 12.3. The van der Waals surface area contributed by atoms with Crippen LogP contribution in [-0.4, -0.2) is 0 Å². The highest BCUT2D eigenvalue weighted by Gasteiger charge is 3.10. The molecule has 8 aliphatic rings. The fraction of sp³-hybridized carbons (Fsp3) is 1.00. The van der Waals surface area contributed by atoms with Gasteiger partial charge in [-0.15, -0.1) is 0 Å². The van der Waals surface area contributed by atoms with Gasteiger partial charge in [-0.25, -0.2) is 0 Å². The molecule has 8 aliphatic carbocycles. The second-order valence-electron chi connectivity index (χ2n) is 10.7. The molecule has 0 aromatic carbocycles. The van der Waals surface area contributed by atoms with Crippen LogP contribution in [0.3, 0.4) is 0 Å². The Kier molecular flexibility index (Phi) is 1.01. The van der Waals surface area contributed by atoms with Crippen LogP contribution in [0.4, 0.5) is 0 Å². The predicted molar refractivity (Wildman–Crippen MR) is 76.6 cm³/mol. The zero-order valence-corrected chi connectivity index (χ0v) is 13.0. The molecule has 0 heteroatoms. The fourth-order valence-electron chi connectivity index (χ4n) is 13.0. The Morgan fingerprint density at radius 1 is 1.15 bits per heavy atom. The average molecular weight is 266 g/mol. The molecule has 13 atom stereocenters. The summed E-state index contributed by atoms with van der Waals surface area (Å²) in [6.45, 7) is 7.95. The molecule has 13 unspecified atom stereocenters. The van der Waals surface area contributed by atoms with E-state index in [1.807, 2.05) is 0 Å². The molecule has 5 bridgehead atoms. The van der Waals surface area contributed by atoms with Gasteiger partial charge in [0.05, 0.1) is 0 Å². The molecule has 0 nitrogen and oxygen atoms in total. The molecule has 20 heavy (non-hydrogen) atoms. The molecule has 106 valence electrons. The highest BCUT2D eigenvalue weighted by atomic mass is 15.1. The van der Waals surface area contributed by atoms with Crippen LogP contribution in [0.15, 0.2) is 0 Å². The summed E-state index contributed by atoms with van der Waals surface area (Å²) in [7, 11) is 0. The van der Waals surface area contributed by atoms with Gasteiger partial charge in [-0.2, -0.15) is 0 Å². The Morgan fingerprint density at radius 3 is 2.80 bits per heavy atom. The second-order valence-corrected chi connectivity index (χ2v) is 10.7. The zero-order chi connectivity index (χ0) is 13.0. The van der Waals surface area contributed by atoms with E-state index in [0.29, 0.717) is 0 Å². The van der Waals surface area contributed by atoms with E-state index in [1.54, 1.807) is 19.3 Å². The van der Waals surface area contributed by atoms with Crippen LogP contribution in [0.25, 0.3) is 0 Å². The van der Waals surface area contributed by atoms with E-state index in [-0.39, 0.29) is 0 Å². The third-order valence-electron chi connectivity index (χ3n) is 12.3. The number of hydrogen-bond acceptors (Lipinski definition) is 0. The number of rotatable bonds is 1. The van der Waals surface area contributed by atoms with Crippen molar-refractivity contribution in [1.82, 2.24) is 0 Å². The normalized spacial score (nSPS) is 91.7. The monoisotopic (exact) mass is 266 g/mol. The lowest BCUT2D eigenvalue weighted by atomic mass is 9.14. The van der Waals surface area contributed by atoms with Crippen molar-refractivity contribution in [2.24, 2.45) is 74.9 Å². The molecule has 0 N–H and O–H groups in total. The van der Waals surface area contributed by atoms with E-state index in [2.05, 4.69) is 20.8 Å². The first kappa shape index (κ1) is 9.90. The van der Waals surface area contributed by atoms with Crippen molar-refractivity contribution >= 4 is 0 Å². The van der Waals surface area contributed by atoms with Gasteiger partial charge in [-0.1, -0.05) is 27.2 Å². The molecule has 0 aromatic rings. The van der Waals surface area contributed by atoms with Gasteiger partial charge >= 0.3 is 0 Å². The van der Waals surface area contributed by atoms with E-state index in [1.165, 1.54) is 53.8 Å². The summed E-state index contributed by atoms with van der Waals surface area (Å²) in [5, 5.41) is 0. The first-order valence-electron chi connectivity index (χ1n) is 9.64. The van der Waals surface area contributed by atoms with E-state index in [0.717, 1.165) is 27.6 Å². The molecule has 3 spiro atoms. The Hall–Kier alpha value is 0. The molecule has 8 rings (SSSR count). The Bertz CT molecular complexity index is 632. The van der Waals surface area contributed by atoms with E-state index in [9.17, 15) is 0 Å². The summed E-state index contributed by atoms with van der Waals surface area (Å²) in [6, 6.07) is 0. The molecule has 0 radical (unpaired) electrons. The minimum absolute atomic E-state index is 0.835. The maximum Gasteiger partial charge on any atom is -0.0108 e. The van der Waals surface area contributed by atoms with Gasteiger partial charge in [0.2, 0.25) is 0 Å². The Labute approximate surface area is 122 Å². The highest BCUT2D eigenvalue weighted by molar-refractivity contribution is 5.56. The third kappa shape index (κ3) is 0.422. The minimum atomic E-state index is 0.835. The lowest BCUT2D eigenvalue weighted by Crippen LogP contribution is -2.85. The smallest absolute Gasteiger partial charge is 0.0108 e. The number of hydrogen-bond donors (Lipinski definition) is 0. The maximum absolute atomic E-state index is 2.75. The molecular weight excluding hydrogens is 240 g/mol. The Morgan fingerprint density at radius 2 is 2.00 bits per heavy atom. The van der Waals surface area contributed by atoms with Crippen LogP contribution >= 0.6 is 0 Å². The predicted octanol–water partition coefficient (Wildman–Crippen LogP) is 4.21. The summed E-state index contributed by atoms with van der Waals surface area (Å²) in [5.41, 5.74) is 3.66. The zero-order valence-electron chi connectivity index (χ0n) is 13.0. The minimum Gasteiger partial charge on any atom is -0.0651 e. The van der Waals surface area contributed by atoms with Crippen LogP contribution < -0.4 is 0 Å². The van der Waals surface area contributed by atoms with Crippen molar-refractivity contribution in [3.05, 3.63) is 0 Å². The summed E-state index contributed by atoms with van der Waals surface area (Å²) >= 11 is 0. The van der Waals surface area contributed by atoms with Crippen LogP contribution in [0.2, 0.25) is 0 Å². The van der Waals surface area contributed by atoms with Crippen LogP contribution in [0.5, 0.6) is 0 Å². The largest absolute Gasteiger partial charge is 0.0651 e. The van der Waals surface area contributed by atoms with Crippen molar-refractivity contribution in [2.75, 3.05) is 0 Å². The van der Waals surface area contributed by atoms with Gasteiger partial charge < -0.3 is 0 Å². The van der Waals surface area contributed by atoms with Crippen LogP contribution in [0, 0.1) is 74.9 Å². The molecule has 0 aliphatic heterocycles. The van der Waals surface area contributed by atoms with E-state index < -0.39 is 0 Å². The first-order valence-corrected chi connectivity index (χ1v) is 9.64. The SMILES string of the molecule is CCC1C2C3CC4CC56CC3C53C5C(C(C)C53C)C1C426. The van der Waals surface area contributed by atoms with Gasteiger partial charge in [0, 0.05) is 0 Å². The topological polar surface area (TPSA) is 0 Å².